The van der Waals surface area contributed by atoms with Crippen LogP contribution in [-0.4, -0.2) is 0 Å². The van der Waals surface area contributed by atoms with Crippen LogP contribution in [0.4, 0.5) is 11.4 Å². The Morgan fingerprint density at radius 2 is 2.17 bits per heavy atom. The summed E-state index contributed by atoms with van der Waals surface area (Å²) >= 11 is 0. The zero-order chi connectivity index (χ0) is 8.97. The van der Waals surface area contributed by atoms with Crippen molar-refractivity contribution in [3.05, 3.63) is 23.8 Å². The molecule has 0 fully saturated rings. The van der Waals surface area contributed by atoms with Gasteiger partial charge < -0.3 is 11.2 Å². The number of nitrogen functional groups attached to an aromatic ring is 2. The Balaban J connectivity index is 2.99. The third-order valence-corrected chi connectivity index (χ3v) is 1.46. The number of nitriles is 1. The highest BCUT2D eigenvalue weighted by atomic mass is 15.2. The highest BCUT2D eigenvalue weighted by Gasteiger charge is 1.96. The number of hydrazine groups is 1. The summed E-state index contributed by atoms with van der Waals surface area (Å²) in [5.74, 6) is 5.20. The molecule has 1 aromatic carbocycles. The molecule has 0 heterocycles. The first-order chi connectivity index (χ1) is 5.76. The maximum atomic E-state index is 8.43. The lowest BCUT2D eigenvalue weighted by Gasteiger charge is -2.03. The Bertz CT molecular complexity index is 313. The van der Waals surface area contributed by atoms with Crippen LogP contribution < -0.4 is 17.0 Å². The highest BCUT2D eigenvalue weighted by molar-refractivity contribution is 5.56. The smallest absolute Gasteiger partial charge is 0.0669 e. The Labute approximate surface area is 70.8 Å². The van der Waals surface area contributed by atoms with Crippen molar-refractivity contribution in [3.63, 3.8) is 0 Å². The fourth-order valence-electron chi connectivity index (χ4n) is 0.995. The number of hydrogen-bond donors (Lipinski definition) is 3. The van der Waals surface area contributed by atoms with Crippen LogP contribution in [0.2, 0.25) is 0 Å². The van der Waals surface area contributed by atoms with E-state index < -0.39 is 0 Å². The maximum absolute atomic E-state index is 8.43. The van der Waals surface area contributed by atoms with E-state index in [1.54, 1.807) is 18.2 Å². The van der Waals surface area contributed by atoms with E-state index in [0.717, 1.165) is 11.3 Å². The normalized spacial score (nSPS) is 9.00. The molecular weight excluding hydrogens is 152 g/mol. The van der Waals surface area contributed by atoms with Crippen LogP contribution in [-0.2, 0) is 6.42 Å². The lowest BCUT2D eigenvalue weighted by atomic mass is 10.1. The second-order valence-corrected chi connectivity index (χ2v) is 2.44. The molecule has 12 heavy (non-hydrogen) atoms. The Kier molecular flexibility index (Phi) is 2.51. The molecule has 4 nitrogen and oxygen atoms in total. The first kappa shape index (κ1) is 8.37. The molecule has 1 aromatic rings. The number of anilines is 2. The van der Waals surface area contributed by atoms with Crippen LogP contribution in [0.15, 0.2) is 18.2 Å². The van der Waals surface area contributed by atoms with Crippen molar-refractivity contribution in [1.29, 1.82) is 5.26 Å². The minimum atomic E-state index is 0.347. The Morgan fingerprint density at radius 1 is 1.42 bits per heavy atom. The van der Waals surface area contributed by atoms with Crippen LogP contribution in [0.25, 0.3) is 0 Å². The maximum Gasteiger partial charge on any atom is 0.0669 e. The predicted molar refractivity (Wildman–Crippen MR) is 48.0 cm³/mol. The summed E-state index contributed by atoms with van der Waals surface area (Å²) in [6, 6.07) is 7.29. The van der Waals surface area contributed by atoms with E-state index in [2.05, 4.69) is 5.43 Å². The Morgan fingerprint density at radius 3 is 2.75 bits per heavy atom. The van der Waals surface area contributed by atoms with Gasteiger partial charge in [-0.1, -0.05) is 0 Å². The number of rotatable bonds is 2. The largest absolute Gasteiger partial charge is 0.399 e. The fourth-order valence-corrected chi connectivity index (χ4v) is 0.995. The molecule has 0 radical (unpaired) electrons. The molecule has 0 aliphatic carbocycles. The van der Waals surface area contributed by atoms with Crippen molar-refractivity contribution in [2.45, 2.75) is 6.42 Å². The summed E-state index contributed by atoms with van der Waals surface area (Å²) < 4.78 is 0. The molecular formula is C8H10N4. The van der Waals surface area contributed by atoms with E-state index in [4.69, 9.17) is 16.8 Å². The van der Waals surface area contributed by atoms with Gasteiger partial charge in [0.25, 0.3) is 0 Å². The topological polar surface area (TPSA) is 87.9 Å². The van der Waals surface area contributed by atoms with Gasteiger partial charge in [-0.05, 0) is 23.8 Å². The molecule has 0 saturated carbocycles. The van der Waals surface area contributed by atoms with Gasteiger partial charge in [0.05, 0.1) is 18.2 Å². The second kappa shape index (κ2) is 3.60. The predicted octanol–water partition coefficient (Wildman–Crippen LogP) is 0.620. The van der Waals surface area contributed by atoms with Crippen molar-refractivity contribution in [2.24, 2.45) is 5.84 Å². The molecule has 0 aromatic heterocycles. The van der Waals surface area contributed by atoms with Gasteiger partial charge in [0.2, 0.25) is 0 Å². The molecule has 0 bridgehead atoms. The molecule has 62 valence electrons. The first-order valence-corrected chi connectivity index (χ1v) is 3.49. The van der Waals surface area contributed by atoms with Crippen molar-refractivity contribution in [2.75, 3.05) is 11.2 Å². The van der Waals surface area contributed by atoms with Crippen LogP contribution in [0.3, 0.4) is 0 Å². The van der Waals surface area contributed by atoms with Crippen molar-refractivity contribution >= 4 is 11.4 Å². The van der Waals surface area contributed by atoms with E-state index >= 15 is 0 Å². The quantitative estimate of drug-likeness (QED) is 0.338. The van der Waals surface area contributed by atoms with Gasteiger partial charge >= 0.3 is 0 Å². The lowest BCUT2D eigenvalue weighted by molar-refractivity contribution is 1.25. The molecule has 4 heteroatoms. The standard InChI is InChI=1S/C8H10N4/c9-2-1-6-3-7(10)5-8(4-6)12-11/h3-5,12H,1,10-11H2. The molecule has 0 spiro atoms. The molecule has 5 N–H and O–H groups in total. The molecule has 1 rings (SSSR count). The molecule has 0 atom stereocenters. The van der Waals surface area contributed by atoms with E-state index in [1.165, 1.54) is 0 Å². The van der Waals surface area contributed by atoms with Gasteiger partial charge in [-0.3, -0.25) is 5.84 Å². The molecule has 0 aliphatic rings. The van der Waals surface area contributed by atoms with Crippen molar-refractivity contribution < 1.29 is 0 Å². The molecule has 0 unspecified atom stereocenters. The zero-order valence-corrected chi connectivity index (χ0v) is 6.54. The molecule has 0 amide bonds. The average molecular weight is 162 g/mol. The lowest BCUT2D eigenvalue weighted by Crippen LogP contribution is -2.07. The fraction of sp³-hybridized carbons (Fsp3) is 0.125. The van der Waals surface area contributed by atoms with Crippen LogP contribution >= 0.6 is 0 Å². The average Bonchev–Trinajstić information content (AvgIpc) is 2.04. The summed E-state index contributed by atoms with van der Waals surface area (Å²) in [6.45, 7) is 0. The van der Waals surface area contributed by atoms with Crippen molar-refractivity contribution in [3.8, 4) is 6.07 Å². The molecule has 0 saturated heterocycles. The zero-order valence-electron chi connectivity index (χ0n) is 6.54. The highest BCUT2D eigenvalue weighted by Crippen LogP contribution is 2.15. The first-order valence-electron chi connectivity index (χ1n) is 3.49. The summed E-state index contributed by atoms with van der Waals surface area (Å²) in [7, 11) is 0. The number of benzene rings is 1. The van der Waals surface area contributed by atoms with Crippen molar-refractivity contribution in [1.82, 2.24) is 0 Å². The SMILES string of the molecule is N#CCc1cc(N)cc(NN)c1. The van der Waals surface area contributed by atoms with E-state index in [1.807, 2.05) is 6.07 Å². The minimum absolute atomic E-state index is 0.347. The number of nitrogens with two attached hydrogens (primary N) is 2. The minimum Gasteiger partial charge on any atom is -0.399 e. The monoisotopic (exact) mass is 162 g/mol. The van der Waals surface area contributed by atoms with E-state index in [-0.39, 0.29) is 0 Å². The van der Waals surface area contributed by atoms with Gasteiger partial charge in [-0.25, -0.2) is 0 Å². The third-order valence-electron chi connectivity index (χ3n) is 1.46. The van der Waals surface area contributed by atoms with Gasteiger partial charge in [-0.2, -0.15) is 5.26 Å². The summed E-state index contributed by atoms with van der Waals surface area (Å²) in [4.78, 5) is 0. The van der Waals surface area contributed by atoms with E-state index in [0.29, 0.717) is 12.1 Å². The summed E-state index contributed by atoms with van der Waals surface area (Å²) in [6.07, 6.45) is 0.347. The van der Waals surface area contributed by atoms with Crippen LogP contribution in [0.5, 0.6) is 0 Å². The summed E-state index contributed by atoms with van der Waals surface area (Å²) in [5.41, 5.74) is 10.2. The number of nitrogens with zero attached hydrogens (tertiary/aromatic N) is 1. The van der Waals surface area contributed by atoms with Gasteiger partial charge in [0, 0.05) is 5.69 Å². The number of nitrogens with one attached hydrogen (secondary N) is 1. The van der Waals surface area contributed by atoms with E-state index in [9.17, 15) is 0 Å². The summed E-state index contributed by atoms with van der Waals surface area (Å²) in [5, 5.41) is 8.43. The van der Waals surface area contributed by atoms with Gasteiger partial charge in [-0.15, -0.1) is 0 Å². The number of hydrogen-bond acceptors (Lipinski definition) is 4. The van der Waals surface area contributed by atoms with Gasteiger partial charge in [0.1, 0.15) is 0 Å². The van der Waals surface area contributed by atoms with Crippen LogP contribution in [0, 0.1) is 11.3 Å². The van der Waals surface area contributed by atoms with Gasteiger partial charge in [0.15, 0.2) is 0 Å². The third kappa shape index (κ3) is 1.87. The van der Waals surface area contributed by atoms with Crippen LogP contribution in [0.1, 0.15) is 5.56 Å². The molecule has 0 aliphatic heterocycles. The second-order valence-electron chi connectivity index (χ2n) is 2.44. The Hall–Kier alpha value is -1.73.